The van der Waals surface area contributed by atoms with Gasteiger partial charge in [0.2, 0.25) is 0 Å². The van der Waals surface area contributed by atoms with E-state index in [-0.39, 0.29) is 17.4 Å². The zero-order chi connectivity index (χ0) is 22.3. The zero-order valence-corrected chi connectivity index (χ0v) is 21.4. The van der Waals surface area contributed by atoms with E-state index in [9.17, 15) is 8.78 Å². The molecule has 0 saturated heterocycles. The Balaban J connectivity index is 1.79. The molecule has 162 valence electrons. The molecule has 0 aliphatic heterocycles. The Labute approximate surface area is 201 Å². The summed E-state index contributed by atoms with van der Waals surface area (Å²) in [4.78, 5) is 9.39. The molecule has 3 heterocycles. The van der Waals surface area contributed by atoms with Crippen LogP contribution in [0.25, 0.3) is 22.4 Å². The van der Waals surface area contributed by atoms with Gasteiger partial charge in [-0.2, -0.15) is 5.10 Å². The molecule has 0 bridgehead atoms. The van der Waals surface area contributed by atoms with E-state index >= 15 is 0 Å². The molecule has 31 heavy (non-hydrogen) atoms. The van der Waals surface area contributed by atoms with Crippen LogP contribution in [0.5, 0.6) is 0 Å². The molecule has 0 fully saturated rings. The van der Waals surface area contributed by atoms with Gasteiger partial charge in [0.1, 0.15) is 10.7 Å². The van der Waals surface area contributed by atoms with Crippen molar-refractivity contribution in [2.75, 3.05) is 11.6 Å². The Hall–Kier alpha value is -1.49. The quantitative estimate of drug-likeness (QED) is 0.113. The van der Waals surface area contributed by atoms with E-state index in [1.165, 1.54) is 4.34 Å². The summed E-state index contributed by atoms with van der Waals surface area (Å²) in [7, 11) is 1.89. The average molecular weight is 593 g/mol. The van der Waals surface area contributed by atoms with Crippen molar-refractivity contribution in [3.8, 4) is 11.3 Å². The van der Waals surface area contributed by atoms with Gasteiger partial charge in [0.05, 0.1) is 23.4 Å². The summed E-state index contributed by atoms with van der Waals surface area (Å²) in [6.07, 6.45) is 1.27. The van der Waals surface area contributed by atoms with Crippen molar-refractivity contribution in [1.29, 1.82) is 0 Å². The minimum atomic E-state index is -2.70. The van der Waals surface area contributed by atoms with Crippen LogP contribution in [-0.2, 0) is 7.05 Å². The molecule has 6 nitrogen and oxygen atoms in total. The summed E-state index contributed by atoms with van der Waals surface area (Å²) in [6.45, 7) is 2.02. The topological polar surface area (TPSA) is 60.6 Å². The number of pyridine rings is 1. The minimum absolute atomic E-state index is 0.0234. The molecular weight excluding hydrogens is 576 g/mol. The summed E-state index contributed by atoms with van der Waals surface area (Å²) in [5.74, 6) is -0.313. The Morgan fingerprint density at radius 3 is 2.61 bits per heavy atom. The van der Waals surface area contributed by atoms with Gasteiger partial charge >= 0.3 is 0 Å². The van der Waals surface area contributed by atoms with Crippen LogP contribution in [-0.4, -0.2) is 30.3 Å². The SMILES string of the molecule is CSc1cc(-c2nn(C)cc2C)ccc1Nc1cc(Cl)nc2c1nc(C(F)F)n2PI. The van der Waals surface area contributed by atoms with Crippen LogP contribution in [0.2, 0.25) is 5.15 Å². The molecule has 0 radical (unpaired) electrons. The maximum atomic E-state index is 13.5. The number of imidazole rings is 1. The molecular formula is C19H17ClF2IN6PS. The second kappa shape index (κ2) is 9.17. The molecule has 0 aliphatic carbocycles. The Morgan fingerprint density at radius 2 is 2.00 bits per heavy atom. The highest BCUT2D eigenvalue weighted by Gasteiger charge is 2.22. The van der Waals surface area contributed by atoms with Gasteiger partial charge in [-0.25, -0.2) is 18.7 Å². The fourth-order valence-corrected chi connectivity index (χ4v) is 6.01. The number of alkyl halides is 2. The summed E-state index contributed by atoms with van der Waals surface area (Å²) in [5, 5.41) is 8.06. The Kier molecular flexibility index (Phi) is 6.71. The molecule has 4 aromatic rings. The molecule has 4 rings (SSSR count). The number of halogens is 4. The van der Waals surface area contributed by atoms with Crippen molar-refractivity contribution in [3.63, 3.8) is 0 Å². The highest BCUT2D eigenvalue weighted by Crippen LogP contribution is 2.39. The number of hydrogen-bond donors (Lipinski definition) is 1. The van der Waals surface area contributed by atoms with Gasteiger partial charge in [-0.1, -0.05) is 17.7 Å². The summed E-state index contributed by atoms with van der Waals surface area (Å²) < 4.78 is 30.2. The van der Waals surface area contributed by atoms with Crippen LogP contribution in [0.3, 0.4) is 0 Å². The smallest absolute Gasteiger partial charge is 0.295 e. The van der Waals surface area contributed by atoms with Crippen molar-refractivity contribution in [1.82, 2.24) is 24.1 Å². The summed E-state index contributed by atoms with van der Waals surface area (Å²) >= 11 is 9.82. The van der Waals surface area contributed by atoms with Gasteiger partial charge in [0.15, 0.2) is 11.5 Å². The molecule has 0 saturated carbocycles. The second-order valence-corrected chi connectivity index (χ2v) is 10.0. The lowest BCUT2D eigenvalue weighted by Gasteiger charge is -2.13. The van der Waals surface area contributed by atoms with E-state index in [4.69, 9.17) is 11.6 Å². The van der Waals surface area contributed by atoms with Crippen LogP contribution in [0, 0.1) is 6.92 Å². The van der Waals surface area contributed by atoms with Crippen LogP contribution < -0.4 is 5.32 Å². The minimum Gasteiger partial charge on any atom is -0.353 e. The van der Waals surface area contributed by atoms with Gasteiger partial charge in [0, 0.05) is 29.8 Å². The number of thioether (sulfide) groups is 1. The standard InChI is InChI=1S/C19H17ClF2IN6PS/c1-9-8-28(2)27-15(9)10-4-5-11(13(6-10)31-3)24-12-7-14(20)25-18-16(12)26-19(17(21)22)29(18)30-23/h4-8,17,30H,1-3H3,(H,24,25). The fraction of sp³-hybridized carbons (Fsp3) is 0.211. The van der Waals surface area contributed by atoms with Crippen molar-refractivity contribution in [2.24, 2.45) is 7.05 Å². The molecule has 0 amide bonds. The zero-order valence-electron chi connectivity index (χ0n) is 16.6. The third kappa shape index (κ3) is 4.40. The van der Waals surface area contributed by atoms with Gasteiger partial charge < -0.3 is 5.32 Å². The van der Waals surface area contributed by atoms with E-state index in [0.29, 0.717) is 16.9 Å². The monoisotopic (exact) mass is 592 g/mol. The number of rotatable bonds is 6. The molecule has 1 N–H and O–H groups in total. The van der Waals surface area contributed by atoms with E-state index in [2.05, 4.69) is 26.4 Å². The van der Waals surface area contributed by atoms with E-state index < -0.39 is 6.43 Å². The number of hydrogen-bond acceptors (Lipinski definition) is 5. The molecule has 3 aromatic heterocycles. The van der Waals surface area contributed by atoms with E-state index in [1.807, 2.05) is 60.6 Å². The number of aromatic nitrogens is 5. The van der Waals surface area contributed by atoms with Crippen molar-refractivity contribution < 1.29 is 8.78 Å². The molecule has 0 aliphatic rings. The predicted octanol–water partition coefficient (Wildman–Crippen LogP) is 6.99. The Morgan fingerprint density at radius 1 is 1.23 bits per heavy atom. The van der Waals surface area contributed by atoms with Gasteiger partial charge in [-0.3, -0.25) is 9.02 Å². The first-order valence-corrected chi connectivity index (χ1v) is 14.7. The third-order valence-electron chi connectivity index (χ3n) is 4.65. The largest absolute Gasteiger partial charge is 0.353 e. The number of nitrogens with zero attached hydrogens (tertiary/aromatic N) is 5. The highest BCUT2D eigenvalue weighted by molar-refractivity contribution is 14.2. The average Bonchev–Trinajstić information content (AvgIpc) is 3.27. The third-order valence-corrected chi connectivity index (χ3v) is 7.67. The molecule has 1 unspecified atom stereocenters. The number of benzene rings is 1. The lowest BCUT2D eigenvalue weighted by molar-refractivity contribution is 0.140. The molecule has 0 spiro atoms. The predicted molar refractivity (Wildman–Crippen MR) is 134 cm³/mol. The first-order valence-electron chi connectivity index (χ1n) is 9.01. The van der Waals surface area contributed by atoms with Crippen LogP contribution in [0.1, 0.15) is 17.8 Å². The first kappa shape index (κ1) is 22.7. The maximum Gasteiger partial charge on any atom is 0.295 e. The summed E-state index contributed by atoms with van der Waals surface area (Å²) in [6, 6.07) is 7.58. The van der Waals surface area contributed by atoms with Crippen molar-refractivity contribution in [3.05, 3.63) is 47.0 Å². The van der Waals surface area contributed by atoms with E-state index in [0.717, 1.165) is 27.4 Å². The molecule has 1 aromatic carbocycles. The van der Waals surface area contributed by atoms with Crippen molar-refractivity contribution in [2.45, 2.75) is 18.2 Å². The lowest BCUT2D eigenvalue weighted by Crippen LogP contribution is -1.96. The maximum absolute atomic E-state index is 13.5. The molecule has 12 heteroatoms. The Bertz CT molecular complexity index is 1280. The number of nitrogens with one attached hydrogen (secondary N) is 1. The second-order valence-electron chi connectivity index (χ2n) is 6.73. The van der Waals surface area contributed by atoms with Gasteiger partial charge in [-0.15, -0.1) is 11.8 Å². The number of aryl methyl sites for hydroxylation is 2. The molecule has 1 atom stereocenters. The van der Waals surface area contributed by atoms with Gasteiger partial charge in [0.25, 0.3) is 6.43 Å². The number of anilines is 2. The first-order chi connectivity index (χ1) is 14.8. The van der Waals surface area contributed by atoms with Crippen LogP contribution >= 0.6 is 51.8 Å². The highest BCUT2D eigenvalue weighted by atomic mass is 127. The van der Waals surface area contributed by atoms with Crippen LogP contribution in [0.4, 0.5) is 20.2 Å². The van der Waals surface area contributed by atoms with Gasteiger partial charge in [-0.05, 0) is 52.9 Å². The fourth-order valence-electron chi connectivity index (χ4n) is 3.34. The van der Waals surface area contributed by atoms with Crippen LogP contribution in [0.15, 0.2) is 35.4 Å². The summed E-state index contributed by atoms with van der Waals surface area (Å²) in [5.41, 5.74) is 5.05. The van der Waals surface area contributed by atoms with Crippen molar-refractivity contribution >= 4 is 74.3 Å². The lowest BCUT2D eigenvalue weighted by atomic mass is 10.1. The number of fused-ring (bicyclic) bond motifs is 1. The van der Waals surface area contributed by atoms with E-state index in [1.54, 1.807) is 22.5 Å². The normalized spacial score (nSPS) is 12.0.